The summed E-state index contributed by atoms with van der Waals surface area (Å²) in [5.74, 6) is 1.76. The Balaban J connectivity index is 1.80. The number of amides is 1. The van der Waals surface area contributed by atoms with Crippen LogP contribution in [0.1, 0.15) is 24.6 Å². The summed E-state index contributed by atoms with van der Waals surface area (Å²) < 4.78 is 10.8. The summed E-state index contributed by atoms with van der Waals surface area (Å²) in [4.78, 5) is 17.3. The first-order chi connectivity index (χ1) is 12.2. The van der Waals surface area contributed by atoms with Gasteiger partial charge in [0, 0.05) is 17.8 Å². The lowest BCUT2D eigenvalue weighted by Crippen LogP contribution is -2.32. The lowest BCUT2D eigenvalue weighted by atomic mass is 10.1. The second kappa shape index (κ2) is 6.41. The normalized spacial score (nSPS) is 23.0. The van der Waals surface area contributed by atoms with E-state index < -0.39 is 0 Å². The Bertz CT molecular complexity index is 775. The molecule has 0 saturated carbocycles. The molecule has 5 heteroatoms. The Morgan fingerprint density at radius 3 is 2.48 bits per heavy atom. The van der Waals surface area contributed by atoms with Crippen LogP contribution in [-0.2, 0) is 4.79 Å². The number of hydrogen-bond donors (Lipinski definition) is 0. The van der Waals surface area contributed by atoms with Crippen LogP contribution in [0.5, 0.6) is 11.5 Å². The number of fused-ring (bicyclic) bond motifs is 1. The van der Waals surface area contributed by atoms with E-state index in [1.165, 1.54) is 0 Å². The van der Waals surface area contributed by atoms with Crippen LogP contribution in [0.4, 0.5) is 5.69 Å². The summed E-state index contributed by atoms with van der Waals surface area (Å²) in [7, 11) is 3.32. The van der Waals surface area contributed by atoms with Gasteiger partial charge in [0.25, 0.3) is 0 Å². The monoisotopic (exact) mass is 338 g/mol. The van der Waals surface area contributed by atoms with Gasteiger partial charge in [-0.1, -0.05) is 18.2 Å². The quantitative estimate of drug-likeness (QED) is 0.858. The van der Waals surface area contributed by atoms with Crippen molar-refractivity contribution in [3.8, 4) is 11.5 Å². The van der Waals surface area contributed by atoms with Gasteiger partial charge in [0.1, 0.15) is 17.7 Å². The fourth-order valence-corrected chi connectivity index (χ4v) is 3.99. The highest BCUT2D eigenvalue weighted by atomic mass is 16.5. The Labute approximate surface area is 147 Å². The highest BCUT2D eigenvalue weighted by Crippen LogP contribution is 2.44. The second-order valence-corrected chi connectivity index (χ2v) is 6.42. The van der Waals surface area contributed by atoms with Crippen molar-refractivity contribution in [2.75, 3.05) is 25.7 Å². The molecule has 0 unspecified atom stereocenters. The third kappa shape index (κ3) is 2.55. The molecule has 5 nitrogen and oxygen atoms in total. The maximum absolute atomic E-state index is 13.1. The van der Waals surface area contributed by atoms with Gasteiger partial charge in [0.15, 0.2) is 0 Å². The minimum Gasteiger partial charge on any atom is -0.497 e. The van der Waals surface area contributed by atoms with Crippen LogP contribution in [-0.4, -0.2) is 37.6 Å². The first kappa shape index (κ1) is 16.0. The molecular formula is C20H22N2O3. The van der Waals surface area contributed by atoms with Crippen molar-refractivity contribution in [1.82, 2.24) is 4.90 Å². The molecular weight excluding hydrogens is 316 g/mol. The van der Waals surface area contributed by atoms with Crippen LogP contribution in [0.3, 0.4) is 0 Å². The highest BCUT2D eigenvalue weighted by molar-refractivity contribution is 6.00. The molecule has 0 radical (unpaired) electrons. The molecule has 2 atom stereocenters. The van der Waals surface area contributed by atoms with E-state index in [0.29, 0.717) is 0 Å². The first-order valence-corrected chi connectivity index (χ1v) is 8.60. The lowest BCUT2D eigenvalue weighted by Gasteiger charge is -2.30. The minimum atomic E-state index is -0.135. The average Bonchev–Trinajstić information content (AvgIpc) is 3.24. The van der Waals surface area contributed by atoms with E-state index in [1.54, 1.807) is 14.2 Å². The fraction of sp³-hybridized carbons (Fsp3) is 0.350. The number of anilines is 1. The second-order valence-electron chi connectivity index (χ2n) is 6.42. The zero-order chi connectivity index (χ0) is 17.4. The number of benzene rings is 2. The molecule has 2 aliphatic heterocycles. The van der Waals surface area contributed by atoms with Gasteiger partial charge in [-0.2, -0.15) is 0 Å². The summed E-state index contributed by atoms with van der Waals surface area (Å²) in [6.07, 6.45) is 1.83. The molecule has 0 aromatic heterocycles. The highest BCUT2D eigenvalue weighted by Gasteiger charge is 2.50. The summed E-state index contributed by atoms with van der Waals surface area (Å²) in [6.45, 7) is 0.922. The standard InChI is InChI=1S/C20H22N2O3/c1-24-15-11-9-14(10-12-15)22-19(16-6-3-4-8-18(16)25-2)21-13-5-7-17(21)20(22)23/h3-4,6,8-12,17,19H,5,7,13H2,1-2H3/t17-,19+/m0/s1. The molecule has 0 N–H and O–H groups in total. The van der Waals surface area contributed by atoms with E-state index in [4.69, 9.17) is 9.47 Å². The van der Waals surface area contributed by atoms with Crippen molar-refractivity contribution in [3.05, 3.63) is 54.1 Å². The predicted molar refractivity (Wildman–Crippen MR) is 95.9 cm³/mol. The Morgan fingerprint density at radius 1 is 1.00 bits per heavy atom. The van der Waals surface area contributed by atoms with Crippen LogP contribution in [0.25, 0.3) is 0 Å². The van der Waals surface area contributed by atoms with Crippen molar-refractivity contribution < 1.29 is 14.3 Å². The number of carbonyl (C=O) groups excluding carboxylic acids is 1. The number of rotatable bonds is 4. The van der Waals surface area contributed by atoms with E-state index in [-0.39, 0.29) is 18.1 Å². The molecule has 2 heterocycles. The number of para-hydroxylation sites is 1. The van der Waals surface area contributed by atoms with Gasteiger partial charge in [-0.15, -0.1) is 0 Å². The van der Waals surface area contributed by atoms with Crippen molar-refractivity contribution in [2.45, 2.75) is 25.0 Å². The van der Waals surface area contributed by atoms with Gasteiger partial charge < -0.3 is 9.47 Å². The maximum atomic E-state index is 13.1. The first-order valence-electron chi connectivity index (χ1n) is 8.60. The van der Waals surface area contributed by atoms with Crippen LogP contribution < -0.4 is 14.4 Å². The molecule has 25 heavy (non-hydrogen) atoms. The summed E-state index contributed by atoms with van der Waals surface area (Å²) in [6, 6.07) is 15.6. The SMILES string of the molecule is COc1ccc(N2C(=O)[C@@H]3CCCN3[C@H]2c2ccccc2OC)cc1. The smallest absolute Gasteiger partial charge is 0.246 e. The molecule has 4 rings (SSSR count). The molecule has 2 fully saturated rings. The third-order valence-corrected chi connectivity index (χ3v) is 5.14. The van der Waals surface area contributed by atoms with Gasteiger partial charge in [0.2, 0.25) is 5.91 Å². The minimum absolute atomic E-state index is 0.0444. The molecule has 2 aromatic rings. The molecule has 2 aromatic carbocycles. The van der Waals surface area contributed by atoms with Crippen molar-refractivity contribution in [2.24, 2.45) is 0 Å². The fourth-order valence-electron chi connectivity index (χ4n) is 3.99. The zero-order valence-corrected chi connectivity index (χ0v) is 14.5. The molecule has 0 aliphatic carbocycles. The van der Waals surface area contributed by atoms with E-state index in [9.17, 15) is 4.79 Å². The zero-order valence-electron chi connectivity index (χ0n) is 14.5. The van der Waals surface area contributed by atoms with Crippen LogP contribution in [0.2, 0.25) is 0 Å². The van der Waals surface area contributed by atoms with E-state index in [0.717, 1.165) is 42.1 Å². The van der Waals surface area contributed by atoms with Crippen LogP contribution >= 0.6 is 0 Å². The van der Waals surface area contributed by atoms with E-state index in [1.807, 2.05) is 53.4 Å². The largest absolute Gasteiger partial charge is 0.497 e. The lowest BCUT2D eigenvalue weighted by molar-refractivity contribution is -0.119. The molecule has 1 amide bonds. The third-order valence-electron chi connectivity index (χ3n) is 5.14. The number of hydrogen-bond acceptors (Lipinski definition) is 4. The van der Waals surface area contributed by atoms with Crippen molar-refractivity contribution >= 4 is 11.6 Å². The number of nitrogens with zero attached hydrogens (tertiary/aromatic N) is 2. The van der Waals surface area contributed by atoms with Gasteiger partial charge in [-0.3, -0.25) is 14.6 Å². The number of carbonyl (C=O) groups is 1. The van der Waals surface area contributed by atoms with Crippen molar-refractivity contribution in [3.63, 3.8) is 0 Å². The summed E-state index contributed by atoms with van der Waals surface area (Å²) in [5.41, 5.74) is 1.91. The molecule has 0 spiro atoms. The summed E-state index contributed by atoms with van der Waals surface area (Å²) in [5, 5.41) is 0. The van der Waals surface area contributed by atoms with Crippen LogP contribution in [0.15, 0.2) is 48.5 Å². The molecule has 2 saturated heterocycles. The van der Waals surface area contributed by atoms with Gasteiger partial charge in [-0.25, -0.2) is 0 Å². The topological polar surface area (TPSA) is 42.0 Å². The molecule has 130 valence electrons. The summed E-state index contributed by atoms with van der Waals surface area (Å²) >= 11 is 0. The number of methoxy groups -OCH3 is 2. The van der Waals surface area contributed by atoms with Gasteiger partial charge in [-0.05, 0) is 43.2 Å². The van der Waals surface area contributed by atoms with E-state index in [2.05, 4.69) is 4.90 Å². The van der Waals surface area contributed by atoms with E-state index >= 15 is 0 Å². The van der Waals surface area contributed by atoms with Crippen molar-refractivity contribution in [1.29, 1.82) is 0 Å². The Kier molecular flexibility index (Phi) is 4.09. The van der Waals surface area contributed by atoms with Gasteiger partial charge >= 0.3 is 0 Å². The number of ether oxygens (including phenoxy) is 2. The maximum Gasteiger partial charge on any atom is 0.246 e. The average molecular weight is 338 g/mol. The molecule has 0 bridgehead atoms. The van der Waals surface area contributed by atoms with Gasteiger partial charge in [0.05, 0.1) is 20.3 Å². The Morgan fingerprint density at radius 2 is 1.76 bits per heavy atom. The molecule has 2 aliphatic rings. The predicted octanol–water partition coefficient (Wildman–Crippen LogP) is 3.21. The van der Waals surface area contributed by atoms with Crippen LogP contribution in [0, 0.1) is 0 Å². The Hall–Kier alpha value is -2.53.